The molecule has 0 radical (unpaired) electrons. The topological polar surface area (TPSA) is 24.5 Å². The van der Waals surface area contributed by atoms with Crippen molar-refractivity contribution < 1.29 is 4.74 Å². The van der Waals surface area contributed by atoms with E-state index in [-0.39, 0.29) is 0 Å². The van der Waals surface area contributed by atoms with E-state index >= 15 is 0 Å². The number of hydrogen-bond donors (Lipinski definition) is 1. The maximum Gasteiger partial charge on any atom is 0.0700 e. The Labute approximate surface area is 99.5 Å². The van der Waals surface area contributed by atoms with Crippen molar-refractivity contribution in [3.8, 4) is 0 Å². The largest absolute Gasteiger partial charge is 0.377 e. The summed E-state index contributed by atoms with van der Waals surface area (Å²) in [6.45, 7) is 8.13. The predicted octanol–water partition coefficient (Wildman–Crippen LogP) is 1.63. The van der Waals surface area contributed by atoms with Gasteiger partial charge in [-0.15, -0.1) is 0 Å². The normalized spacial score (nSPS) is 28.7. The van der Waals surface area contributed by atoms with Crippen LogP contribution in [0.5, 0.6) is 0 Å². The van der Waals surface area contributed by atoms with Crippen LogP contribution < -0.4 is 5.32 Å². The van der Waals surface area contributed by atoms with Crippen molar-refractivity contribution in [3.05, 3.63) is 0 Å². The Morgan fingerprint density at radius 2 is 2.06 bits per heavy atom. The fourth-order valence-electron chi connectivity index (χ4n) is 2.78. The molecule has 16 heavy (non-hydrogen) atoms. The molecule has 2 fully saturated rings. The molecule has 2 saturated heterocycles. The van der Waals surface area contributed by atoms with Crippen molar-refractivity contribution in [2.75, 3.05) is 32.8 Å². The van der Waals surface area contributed by atoms with E-state index in [1.165, 1.54) is 51.7 Å². The molecule has 0 saturated carbocycles. The van der Waals surface area contributed by atoms with Gasteiger partial charge in [0.2, 0.25) is 0 Å². The Bertz CT molecular complexity index is 184. The Kier molecular flexibility index (Phi) is 5.07. The van der Waals surface area contributed by atoms with Crippen molar-refractivity contribution in [2.45, 2.75) is 51.2 Å². The molecule has 3 nitrogen and oxygen atoms in total. The summed E-state index contributed by atoms with van der Waals surface area (Å²) >= 11 is 0. The minimum absolute atomic E-state index is 0.494. The zero-order valence-corrected chi connectivity index (χ0v) is 10.6. The number of likely N-dealkylation sites (tertiary alicyclic amines) is 1. The Balaban J connectivity index is 1.57. The molecule has 0 unspecified atom stereocenters. The lowest BCUT2D eigenvalue weighted by atomic mass is 10.0. The molecule has 2 aliphatic heterocycles. The van der Waals surface area contributed by atoms with Gasteiger partial charge in [-0.25, -0.2) is 0 Å². The van der Waals surface area contributed by atoms with E-state index < -0.39 is 0 Å². The maximum atomic E-state index is 5.63. The van der Waals surface area contributed by atoms with Crippen molar-refractivity contribution in [1.29, 1.82) is 0 Å². The highest BCUT2D eigenvalue weighted by atomic mass is 16.5. The van der Waals surface area contributed by atoms with Gasteiger partial charge in [0.05, 0.1) is 6.10 Å². The molecule has 0 amide bonds. The molecule has 0 bridgehead atoms. The van der Waals surface area contributed by atoms with Crippen LogP contribution in [0.25, 0.3) is 0 Å². The fourth-order valence-corrected chi connectivity index (χ4v) is 2.78. The van der Waals surface area contributed by atoms with E-state index in [4.69, 9.17) is 4.74 Å². The first-order valence-electron chi connectivity index (χ1n) is 6.96. The van der Waals surface area contributed by atoms with E-state index in [1.807, 2.05) is 0 Å². The number of piperidine rings is 1. The van der Waals surface area contributed by atoms with Crippen molar-refractivity contribution in [2.24, 2.45) is 0 Å². The lowest BCUT2D eigenvalue weighted by molar-refractivity contribution is 0.102. The molecule has 2 aliphatic rings. The first kappa shape index (κ1) is 12.3. The van der Waals surface area contributed by atoms with Gasteiger partial charge in [-0.3, -0.25) is 0 Å². The number of rotatable bonds is 5. The smallest absolute Gasteiger partial charge is 0.0700 e. The molecule has 0 spiro atoms. The molecular weight excluding hydrogens is 200 g/mol. The van der Waals surface area contributed by atoms with Crippen LogP contribution >= 0.6 is 0 Å². The van der Waals surface area contributed by atoms with Crippen LogP contribution in [0.3, 0.4) is 0 Å². The van der Waals surface area contributed by atoms with Gasteiger partial charge in [-0.2, -0.15) is 0 Å². The van der Waals surface area contributed by atoms with Gasteiger partial charge in [0, 0.05) is 19.2 Å². The van der Waals surface area contributed by atoms with Gasteiger partial charge < -0.3 is 15.0 Å². The minimum atomic E-state index is 0.494. The Hall–Kier alpha value is -0.120. The van der Waals surface area contributed by atoms with Gasteiger partial charge in [-0.1, -0.05) is 6.92 Å². The molecule has 0 aliphatic carbocycles. The predicted molar refractivity (Wildman–Crippen MR) is 66.7 cm³/mol. The molecule has 94 valence electrons. The summed E-state index contributed by atoms with van der Waals surface area (Å²) in [5, 5.41) is 3.67. The monoisotopic (exact) mass is 226 g/mol. The molecule has 0 aromatic heterocycles. The number of ether oxygens (including phenoxy) is 1. The van der Waals surface area contributed by atoms with E-state index in [1.54, 1.807) is 0 Å². The van der Waals surface area contributed by atoms with E-state index in [2.05, 4.69) is 17.1 Å². The van der Waals surface area contributed by atoms with Crippen molar-refractivity contribution in [3.63, 3.8) is 0 Å². The third-order valence-electron chi connectivity index (χ3n) is 3.79. The first-order valence-corrected chi connectivity index (χ1v) is 6.96. The zero-order valence-electron chi connectivity index (χ0n) is 10.6. The lowest BCUT2D eigenvalue weighted by Crippen LogP contribution is -2.44. The van der Waals surface area contributed by atoms with Crippen LogP contribution in [-0.2, 0) is 4.74 Å². The minimum Gasteiger partial charge on any atom is -0.377 e. The molecular formula is C13H26N2O. The number of nitrogens with one attached hydrogen (secondary N) is 1. The van der Waals surface area contributed by atoms with Gasteiger partial charge in [0.15, 0.2) is 0 Å². The summed E-state index contributed by atoms with van der Waals surface area (Å²) in [5.41, 5.74) is 0. The fraction of sp³-hybridized carbons (Fsp3) is 1.00. The summed E-state index contributed by atoms with van der Waals surface area (Å²) < 4.78 is 5.63. The quantitative estimate of drug-likeness (QED) is 0.771. The third-order valence-corrected chi connectivity index (χ3v) is 3.79. The van der Waals surface area contributed by atoms with Crippen LogP contribution in [0.4, 0.5) is 0 Å². The number of nitrogens with zero attached hydrogens (tertiary/aromatic N) is 1. The second kappa shape index (κ2) is 6.58. The second-order valence-electron chi connectivity index (χ2n) is 5.16. The van der Waals surface area contributed by atoms with Crippen LogP contribution in [-0.4, -0.2) is 49.8 Å². The highest BCUT2D eigenvalue weighted by molar-refractivity contribution is 4.79. The van der Waals surface area contributed by atoms with E-state index in [0.29, 0.717) is 6.10 Å². The summed E-state index contributed by atoms with van der Waals surface area (Å²) in [4.78, 5) is 2.59. The average Bonchev–Trinajstić information content (AvgIpc) is 2.82. The molecule has 3 heteroatoms. The highest BCUT2D eigenvalue weighted by Crippen LogP contribution is 2.14. The highest BCUT2D eigenvalue weighted by Gasteiger charge is 2.20. The van der Waals surface area contributed by atoms with Crippen LogP contribution in [0.15, 0.2) is 0 Å². The van der Waals surface area contributed by atoms with E-state index in [9.17, 15) is 0 Å². The molecule has 1 atom stereocenters. The Morgan fingerprint density at radius 1 is 1.25 bits per heavy atom. The lowest BCUT2D eigenvalue weighted by Gasteiger charge is -2.32. The first-order chi connectivity index (χ1) is 7.88. The maximum absolute atomic E-state index is 5.63. The standard InChI is InChI=1S/C13H26N2O/c1-2-7-15-8-5-12(6-9-15)14-11-13-4-3-10-16-13/h12-14H,2-11H2,1H3/t13-/m0/s1. The second-order valence-corrected chi connectivity index (χ2v) is 5.16. The zero-order chi connectivity index (χ0) is 11.2. The van der Waals surface area contributed by atoms with Crippen LogP contribution in [0.1, 0.15) is 39.0 Å². The van der Waals surface area contributed by atoms with Gasteiger partial charge in [0.1, 0.15) is 0 Å². The molecule has 0 aromatic rings. The molecule has 2 heterocycles. The SMILES string of the molecule is CCCN1CCC(NC[C@@H]2CCCO2)CC1. The summed E-state index contributed by atoms with van der Waals surface area (Å²) in [6.07, 6.45) is 6.91. The third kappa shape index (κ3) is 3.72. The van der Waals surface area contributed by atoms with Gasteiger partial charge >= 0.3 is 0 Å². The van der Waals surface area contributed by atoms with Gasteiger partial charge in [0.25, 0.3) is 0 Å². The van der Waals surface area contributed by atoms with Gasteiger partial charge in [-0.05, 0) is 51.7 Å². The number of hydrogen-bond acceptors (Lipinski definition) is 3. The summed E-state index contributed by atoms with van der Waals surface area (Å²) in [5.74, 6) is 0. The molecule has 1 N–H and O–H groups in total. The summed E-state index contributed by atoms with van der Waals surface area (Å²) in [6, 6.07) is 0.734. The van der Waals surface area contributed by atoms with Crippen molar-refractivity contribution in [1.82, 2.24) is 10.2 Å². The average molecular weight is 226 g/mol. The molecule has 0 aromatic carbocycles. The van der Waals surface area contributed by atoms with E-state index in [0.717, 1.165) is 19.2 Å². The molecule has 2 rings (SSSR count). The van der Waals surface area contributed by atoms with Crippen molar-refractivity contribution >= 4 is 0 Å². The van der Waals surface area contributed by atoms with Crippen LogP contribution in [0, 0.1) is 0 Å². The Morgan fingerprint density at radius 3 is 2.69 bits per heavy atom. The van der Waals surface area contributed by atoms with Crippen LogP contribution in [0.2, 0.25) is 0 Å². The summed E-state index contributed by atoms with van der Waals surface area (Å²) in [7, 11) is 0.